The monoisotopic (exact) mass is 333 g/mol. The van der Waals surface area contributed by atoms with Gasteiger partial charge in [0.15, 0.2) is 11.6 Å². The van der Waals surface area contributed by atoms with Crippen LogP contribution in [0.5, 0.6) is 5.75 Å². The van der Waals surface area contributed by atoms with E-state index in [-0.39, 0.29) is 19.0 Å². The maximum Gasteiger partial charge on any atom is 0.411 e. The number of rotatable bonds is 5. The van der Waals surface area contributed by atoms with Gasteiger partial charge >= 0.3 is 6.09 Å². The van der Waals surface area contributed by atoms with E-state index in [1.165, 1.54) is 13.2 Å². The molecule has 2 aromatic rings. The van der Waals surface area contributed by atoms with Crippen LogP contribution in [0, 0.1) is 19.7 Å². The highest BCUT2D eigenvalue weighted by molar-refractivity contribution is 5.85. The Morgan fingerprint density at radius 2 is 1.96 bits per heavy atom. The van der Waals surface area contributed by atoms with E-state index >= 15 is 0 Å². The lowest BCUT2D eigenvalue weighted by Gasteiger charge is -2.16. The number of amides is 1. The molecule has 6 heteroatoms. The first-order chi connectivity index (χ1) is 11.5. The van der Waals surface area contributed by atoms with Crippen LogP contribution < -0.4 is 10.1 Å². The molecule has 5 nitrogen and oxygen atoms in total. The minimum Gasteiger partial charge on any atom is -0.486 e. The van der Waals surface area contributed by atoms with Gasteiger partial charge in [-0.15, -0.1) is 0 Å². The van der Waals surface area contributed by atoms with Crippen molar-refractivity contribution in [2.24, 2.45) is 0 Å². The fraction of sp³-hybridized carbons (Fsp3) is 0.278. The molecule has 2 rings (SSSR count). The summed E-state index contributed by atoms with van der Waals surface area (Å²) >= 11 is 0. The van der Waals surface area contributed by atoms with E-state index in [0.29, 0.717) is 16.8 Å². The summed E-state index contributed by atoms with van der Waals surface area (Å²) < 4.78 is 24.2. The van der Waals surface area contributed by atoms with Crippen LogP contribution in [0.3, 0.4) is 0 Å². The van der Waals surface area contributed by atoms with Gasteiger partial charge in [0, 0.05) is 5.56 Å². The van der Waals surface area contributed by atoms with E-state index in [1.807, 2.05) is 13.8 Å². The third kappa shape index (κ3) is 4.02. The molecule has 128 valence electrons. The molecule has 2 aromatic carbocycles. The van der Waals surface area contributed by atoms with Crippen LogP contribution in [0.4, 0.5) is 14.9 Å². The second-order valence-corrected chi connectivity index (χ2v) is 5.37. The van der Waals surface area contributed by atoms with E-state index in [1.54, 1.807) is 24.3 Å². The summed E-state index contributed by atoms with van der Waals surface area (Å²) in [5.74, 6) is -0.336. The molecule has 0 aliphatic carbocycles. The number of nitrogens with one attached hydrogen (secondary N) is 1. The maximum atomic E-state index is 14.0. The van der Waals surface area contributed by atoms with E-state index in [9.17, 15) is 14.3 Å². The molecule has 0 aromatic heterocycles. The Hall–Kier alpha value is -2.60. The van der Waals surface area contributed by atoms with Crippen molar-refractivity contribution in [1.82, 2.24) is 0 Å². The molecule has 0 heterocycles. The Labute approximate surface area is 140 Å². The van der Waals surface area contributed by atoms with Crippen molar-refractivity contribution < 1.29 is 23.8 Å². The van der Waals surface area contributed by atoms with Crippen LogP contribution >= 0.6 is 0 Å². The van der Waals surface area contributed by atoms with Crippen LogP contribution in [0.25, 0.3) is 0 Å². The fourth-order valence-electron chi connectivity index (χ4n) is 2.25. The van der Waals surface area contributed by atoms with Crippen LogP contribution in [0.15, 0.2) is 30.3 Å². The zero-order valence-corrected chi connectivity index (χ0v) is 13.9. The number of carbonyl (C=O) groups is 1. The quantitative estimate of drug-likeness (QED) is 0.875. The molecule has 0 radical (unpaired) electrons. The summed E-state index contributed by atoms with van der Waals surface area (Å²) in [6, 6.07) is 8.09. The van der Waals surface area contributed by atoms with Crippen LogP contribution in [-0.2, 0) is 18.0 Å². The molecule has 0 aliphatic rings. The first-order valence-corrected chi connectivity index (χ1v) is 7.42. The number of hydrogen-bond donors (Lipinski definition) is 2. The number of ether oxygens (including phenoxy) is 2. The van der Waals surface area contributed by atoms with Crippen LogP contribution in [-0.4, -0.2) is 18.3 Å². The Morgan fingerprint density at radius 3 is 2.62 bits per heavy atom. The molecule has 0 unspecified atom stereocenters. The molecule has 1 amide bonds. The Balaban J connectivity index is 2.28. The standard InChI is InChI=1S/C18H20FNO4/c1-11-7-15(19)17(8-12(11)2)24-10-14-13(9-21)5-4-6-16(14)20-18(22)23-3/h4-8,21H,9-10H2,1-3H3,(H,20,22). The van der Waals surface area contributed by atoms with Crippen molar-refractivity contribution in [3.05, 3.63) is 58.4 Å². The summed E-state index contributed by atoms with van der Waals surface area (Å²) in [7, 11) is 1.26. The van der Waals surface area contributed by atoms with Gasteiger partial charge in [-0.2, -0.15) is 0 Å². The first-order valence-electron chi connectivity index (χ1n) is 7.42. The molecule has 0 aliphatic heterocycles. The van der Waals surface area contributed by atoms with Crippen molar-refractivity contribution in [2.75, 3.05) is 12.4 Å². The van der Waals surface area contributed by atoms with E-state index in [4.69, 9.17) is 4.74 Å². The molecule has 0 saturated heterocycles. The summed E-state index contributed by atoms with van der Waals surface area (Å²) in [6.45, 7) is 3.45. The zero-order chi connectivity index (χ0) is 17.7. The average Bonchev–Trinajstić information content (AvgIpc) is 2.57. The van der Waals surface area contributed by atoms with Gasteiger partial charge in [-0.25, -0.2) is 9.18 Å². The normalized spacial score (nSPS) is 10.4. The van der Waals surface area contributed by atoms with Crippen LogP contribution in [0.1, 0.15) is 22.3 Å². The SMILES string of the molecule is COC(=O)Nc1cccc(CO)c1COc1cc(C)c(C)cc1F. The third-order valence-corrected chi connectivity index (χ3v) is 3.79. The number of anilines is 1. The van der Waals surface area contributed by atoms with Gasteiger partial charge in [-0.05, 0) is 48.7 Å². The highest BCUT2D eigenvalue weighted by Crippen LogP contribution is 2.26. The van der Waals surface area contributed by atoms with E-state index in [2.05, 4.69) is 10.1 Å². The number of halogens is 1. The first kappa shape index (κ1) is 17.7. The van der Waals surface area contributed by atoms with Gasteiger partial charge < -0.3 is 14.6 Å². The second kappa shape index (κ2) is 7.79. The average molecular weight is 333 g/mol. The molecular formula is C18H20FNO4. The highest BCUT2D eigenvalue weighted by atomic mass is 19.1. The predicted molar refractivity (Wildman–Crippen MR) is 88.6 cm³/mol. The molecule has 0 bridgehead atoms. The molecule has 0 atom stereocenters. The summed E-state index contributed by atoms with van der Waals surface area (Å²) in [5.41, 5.74) is 3.33. The highest BCUT2D eigenvalue weighted by Gasteiger charge is 2.13. The number of hydrogen-bond acceptors (Lipinski definition) is 4. The molecule has 0 spiro atoms. The van der Waals surface area contributed by atoms with E-state index in [0.717, 1.165) is 11.1 Å². The number of methoxy groups -OCH3 is 1. The van der Waals surface area contributed by atoms with Crippen molar-refractivity contribution in [1.29, 1.82) is 0 Å². The lowest BCUT2D eigenvalue weighted by Crippen LogP contribution is -2.14. The minimum absolute atomic E-state index is 0.00448. The second-order valence-electron chi connectivity index (χ2n) is 5.37. The Bertz CT molecular complexity index is 746. The Kier molecular flexibility index (Phi) is 5.76. The number of aliphatic hydroxyl groups is 1. The van der Waals surface area contributed by atoms with Gasteiger partial charge in [0.05, 0.1) is 19.4 Å². The fourth-order valence-corrected chi connectivity index (χ4v) is 2.25. The molecule has 2 N–H and O–H groups in total. The third-order valence-electron chi connectivity index (χ3n) is 3.79. The number of carbonyl (C=O) groups excluding carboxylic acids is 1. The number of benzene rings is 2. The number of aryl methyl sites for hydroxylation is 2. The Morgan fingerprint density at radius 1 is 1.25 bits per heavy atom. The summed E-state index contributed by atoms with van der Waals surface area (Å²) in [5, 5.41) is 12.1. The van der Waals surface area contributed by atoms with Gasteiger partial charge in [0.1, 0.15) is 6.61 Å². The van der Waals surface area contributed by atoms with Gasteiger partial charge in [0.2, 0.25) is 0 Å². The largest absolute Gasteiger partial charge is 0.486 e. The molecule has 0 fully saturated rings. The number of aliphatic hydroxyl groups excluding tert-OH is 1. The predicted octanol–water partition coefficient (Wildman–Crippen LogP) is 3.69. The minimum atomic E-state index is -0.635. The van der Waals surface area contributed by atoms with Gasteiger partial charge in [-0.3, -0.25) is 5.32 Å². The smallest absolute Gasteiger partial charge is 0.411 e. The van der Waals surface area contributed by atoms with Crippen LogP contribution in [0.2, 0.25) is 0 Å². The van der Waals surface area contributed by atoms with Crippen molar-refractivity contribution >= 4 is 11.8 Å². The lowest BCUT2D eigenvalue weighted by molar-refractivity contribution is 0.187. The summed E-state index contributed by atoms with van der Waals surface area (Å²) in [4.78, 5) is 11.4. The van der Waals surface area contributed by atoms with Crippen molar-refractivity contribution in [2.45, 2.75) is 27.1 Å². The van der Waals surface area contributed by atoms with E-state index < -0.39 is 11.9 Å². The molecular weight excluding hydrogens is 313 g/mol. The topological polar surface area (TPSA) is 67.8 Å². The van der Waals surface area contributed by atoms with Gasteiger partial charge in [0.25, 0.3) is 0 Å². The van der Waals surface area contributed by atoms with Crippen molar-refractivity contribution in [3.63, 3.8) is 0 Å². The lowest BCUT2D eigenvalue weighted by atomic mass is 10.1. The maximum absolute atomic E-state index is 14.0. The summed E-state index contributed by atoms with van der Waals surface area (Å²) in [6.07, 6.45) is -0.635. The molecule has 0 saturated carbocycles. The van der Waals surface area contributed by atoms with Gasteiger partial charge in [-0.1, -0.05) is 12.1 Å². The van der Waals surface area contributed by atoms with Crippen molar-refractivity contribution in [3.8, 4) is 5.75 Å². The zero-order valence-electron chi connectivity index (χ0n) is 13.9. The molecule has 24 heavy (non-hydrogen) atoms.